The zero-order valence-corrected chi connectivity index (χ0v) is 13.2. The summed E-state index contributed by atoms with van der Waals surface area (Å²) in [6.07, 6.45) is 21.1. The molecule has 0 spiro atoms. The predicted octanol–water partition coefficient (Wildman–Crippen LogP) is 3.73. The highest BCUT2D eigenvalue weighted by molar-refractivity contribution is 4.95. The van der Waals surface area contributed by atoms with Gasteiger partial charge in [0, 0.05) is 25.5 Å². The van der Waals surface area contributed by atoms with Crippen molar-refractivity contribution in [3.8, 4) is 0 Å². The third-order valence-electron chi connectivity index (χ3n) is 3.84. The SMILES string of the molecule is CCCCCCCC/C=C/CCC1NC=CN1CCN. The fourth-order valence-corrected chi connectivity index (χ4v) is 2.61. The first-order chi connectivity index (χ1) is 9.88. The lowest BCUT2D eigenvalue weighted by molar-refractivity contribution is 0.272. The van der Waals surface area contributed by atoms with E-state index in [2.05, 4.69) is 35.5 Å². The number of rotatable bonds is 12. The molecule has 0 aromatic rings. The Kier molecular flexibility index (Phi) is 10.1. The molecule has 0 bridgehead atoms. The van der Waals surface area contributed by atoms with Gasteiger partial charge in [0.2, 0.25) is 0 Å². The maximum atomic E-state index is 5.61. The molecule has 1 heterocycles. The van der Waals surface area contributed by atoms with Gasteiger partial charge in [-0.15, -0.1) is 0 Å². The first-order valence-electron chi connectivity index (χ1n) is 8.42. The first-order valence-corrected chi connectivity index (χ1v) is 8.42. The lowest BCUT2D eigenvalue weighted by atomic mass is 10.1. The van der Waals surface area contributed by atoms with Crippen molar-refractivity contribution < 1.29 is 0 Å². The summed E-state index contributed by atoms with van der Waals surface area (Å²) in [6.45, 7) is 3.93. The van der Waals surface area contributed by atoms with Crippen LogP contribution in [0.15, 0.2) is 24.6 Å². The van der Waals surface area contributed by atoms with Crippen LogP contribution in [0.25, 0.3) is 0 Å². The van der Waals surface area contributed by atoms with Crippen molar-refractivity contribution in [2.24, 2.45) is 5.73 Å². The molecule has 0 saturated heterocycles. The van der Waals surface area contributed by atoms with Crippen LogP contribution in [0.5, 0.6) is 0 Å². The number of hydrogen-bond acceptors (Lipinski definition) is 3. The molecule has 3 N–H and O–H groups in total. The van der Waals surface area contributed by atoms with Gasteiger partial charge in [-0.25, -0.2) is 0 Å². The Bertz CT molecular complexity index is 273. The van der Waals surface area contributed by atoms with Gasteiger partial charge in [-0.1, -0.05) is 51.2 Å². The topological polar surface area (TPSA) is 41.3 Å². The smallest absolute Gasteiger partial charge is 0.0984 e. The Morgan fingerprint density at radius 3 is 2.65 bits per heavy atom. The van der Waals surface area contributed by atoms with Crippen molar-refractivity contribution in [1.29, 1.82) is 0 Å². The number of unbranched alkanes of at least 4 members (excludes halogenated alkanes) is 6. The zero-order valence-electron chi connectivity index (χ0n) is 13.2. The fraction of sp³-hybridized carbons (Fsp3) is 0.765. The molecule has 1 rings (SSSR count). The Balaban J connectivity index is 1.94. The maximum Gasteiger partial charge on any atom is 0.0984 e. The lowest BCUT2D eigenvalue weighted by Crippen LogP contribution is -2.37. The monoisotopic (exact) mass is 279 g/mol. The number of nitrogens with zero attached hydrogens (tertiary/aromatic N) is 1. The molecule has 0 amide bonds. The van der Waals surface area contributed by atoms with E-state index in [-0.39, 0.29) is 0 Å². The van der Waals surface area contributed by atoms with Crippen LogP contribution < -0.4 is 11.1 Å². The van der Waals surface area contributed by atoms with E-state index in [4.69, 9.17) is 5.73 Å². The molecule has 3 heteroatoms. The van der Waals surface area contributed by atoms with Crippen molar-refractivity contribution in [3.05, 3.63) is 24.6 Å². The molecule has 20 heavy (non-hydrogen) atoms. The summed E-state index contributed by atoms with van der Waals surface area (Å²) < 4.78 is 0. The van der Waals surface area contributed by atoms with E-state index in [1.54, 1.807) is 0 Å². The van der Waals surface area contributed by atoms with Gasteiger partial charge in [0.25, 0.3) is 0 Å². The largest absolute Gasteiger partial charge is 0.370 e. The van der Waals surface area contributed by atoms with Gasteiger partial charge in [-0.05, 0) is 25.7 Å². The van der Waals surface area contributed by atoms with Crippen LogP contribution in [0.1, 0.15) is 64.7 Å². The number of hydrogen-bond donors (Lipinski definition) is 2. The van der Waals surface area contributed by atoms with Crippen molar-refractivity contribution in [3.63, 3.8) is 0 Å². The summed E-state index contributed by atoms with van der Waals surface area (Å²) >= 11 is 0. The number of allylic oxidation sites excluding steroid dienone is 2. The highest BCUT2D eigenvalue weighted by atomic mass is 15.3. The van der Waals surface area contributed by atoms with Crippen LogP contribution in [0, 0.1) is 0 Å². The molecule has 0 radical (unpaired) electrons. The highest BCUT2D eigenvalue weighted by Crippen LogP contribution is 2.11. The molecule has 0 aromatic carbocycles. The number of nitrogens with two attached hydrogens (primary N) is 1. The molecule has 0 aliphatic carbocycles. The second-order valence-corrected chi connectivity index (χ2v) is 5.63. The second kappa shape index (κ2) is 11.8. The molecule has 1 aliphatic rings. The molecule has 0 saturated carbocycles. The minimum atomic E-state index is 0.442. The predicted molar refractivity (Wildman–Crippen MR) is 88.2 cm³/mol. The molecular formula is C17H33N3. The molecule has 1 aliphatic heterocycles. The highest BCUT2D eigenvalue weighted by Gasteiger charge is 2.15. The molecule has 116 valence electrons. The maximum absolute atomic E-state index is 5.61. The summed E-state index contributed by atoms with van der Waals surface area (Å²) in [5.74, 6) is 0. The molecule has 1 unspecified atom stereocenters. The molecular weight excluding hydrogens is 246 g/mol. The van der Waals surface area contributed by atoms with Gasteiger partial charge < -0.3 is 16.0 Å². The van der Waals surface area contributed by atoms with Crippen molar-refractivity contribution >= 4 is 0 Å². The Morgan fingerprint density at radius 2 is 1.85 bits per heavy atom. The molecule has 0 fully saturated rings. The fourth-order valence-electron chi connectivity index (χ4n) is 2.61. The van der Waals surface area contributed by atoms with E-state index in [0.717, 1.165) is 25.9 Å². The summed E-state index contributed by atoms with van der Waals surface area (Å²) in [5.41, 5.74) is 5.61. The lowest BCUT2D eigenvalue weighted by Gasteiger charge is -2.24. The quantitative estimate of drug-likeness (QED) is 0.422. The Hall–Kier alpha value is -0.960. The van der Waals surface area contributed by atoms with Gasteiger partial charge in [0.05, 0.1) is 6.17 Å². The molecule has 1 atom stereocenters. The van der Waals surface area contributed by atoms with Gasteiger partial charge in [-0.2, -0.15) is 0 Å². The minimum Gasteiger partial charge on any atom is -0.370 e. The Labute approximate surface area is 125 Å². The van der Waals surface area contributed by atoms with Crippen LogP contribution in [0.4, 0.5) is 0 Å². The third kappa shape index (κ3) is 7.59. The van der Waals surface area contributed by atoms with Crippen molar-refractivity contribution in [2.75, 3.05) is 13.1 Å². The summed E-state index contributed by atoms with van der Waals surface area (Å²) in [7, 11) is 0. The standard InChI is InChI=1S/C17H33N3/c1-2-3-4-5-6-7-8-9-10-11-12-17-19-14-16-20(17)15-13-18/h9-10,14,16-17,19H,2-8,11-13,15,18H2,1H3/b10-9+. The van der Waals surface area contributed by atoms with Crippen LogP contribution >= 0.6 is 0 Å². The van der Waals surface area contributed by atoms with E-state index in [0.29, 0.717) is 6.17 Å². The van der Waals surface area contributed by atoms with Crippen LogP contribution in [-0.2, 0) is 0 Å². The zero-order chi connectivity index (χ0) is 14.5. The van der Waals surface area contributed by atoms with Crippen LogP contribution in [0.2, 0.25) is 0 Å². The average Bonchev–Trinajstić information content (AvgIpc) is 2.89. The summed E-state index contributed by atoms with van der Waals surface area (Å²) in [6, 6.07) is 0. The van der Waals surface area contributed by atoms with Gasteiger partial charge >= 0.3 is 0 Å². The molecule has 3 nitrogen and oxygen atoms in total. The Morgan fingerprint density at radius 1 is 1.10 bits per heavy atom. The van der Waals surface area contributed by atoms with Gasteiger partial charge in [-0.3, -0.25) is 0 Å². The minimum absolute atomic E-state index is 0.442. The van der Waals surface area contributed by atoms with E-state index >= 15 is 0 Å². The summed E-state index contributed by atoms with van der Waals surface area (Å²) in [4.78, 5) is 2.29. The average molecular weight is 279 g/mol. The van der Waals surface area contributed by atoms with Crippen LogP contribution in [-0.4, -0.2) is 24.2 Å². The van der Waals surface area contributed by atoms with E-state index < -0.39 is 0 Å². The van der Waals surface area contributed by atoms with E-state index in [1.165, 1.54) is 44.9 Å². The normalized spacial score (nSPS) is 18.1. The van der Waals surface area contributed by atoms with E-state index in [1.807, 2.05) is 6.20 Å². The summed E-state index contributed by atoms with van der Waals surface area (Å²) in [5, 5.41) is 3.38. The van der Waals surface area contributed by atoms with Crippen molar-refractivity contribution in [1.82, 2.24) is 10.2 Å². The van der Waals surface area contributed by atoms with Gasteiger partial charge in [0.1, 0.15) is 0 Å². The van der Waals surface area contributed by atoms with Gasteiger partial charge in [0.15, 0.2) is 0 Å². The first kappa shape index (κ1) is 17.1. The van der Waals surface area contributed by atoms with E-state index in [9.17, 15) is 0 Å². The third-order valence-corrected chi connectivity index (χ3v) is 3.84. The molecule has 0 aromatic heterocycles. The van der Waals surface area contributed by atoms with Crippen LogP contribution in [0.3, 0.4) is 0 Å². The number of nitrogens with one attached hydrogen (secondary N) is 1. The van der Waals surface area contributed by atoms with Crippen molar-refractivity contribution in [2.45, 2.75) is 70.9 Å². The second-order valence-electron chi connectivity index (χ2n) is 5.63.